The number of alkyl halides is 3. The first kappa shape index (κ1) is 16.5. The Kier molecular flexibility index (Phi) is 4.08. The minimum absolute atomic E-state index is 0.209. The minimum Gasteiger partial charge on any atom is -0.303 e. The molecular weight excluding hydrogens is 319 g/mol. The molecule has 1 heterocycles. The molecule has 122 valence electrons. The fourth-order valence-corrected chi connectivity index (χ4v) is 1.96. The van der Waals surface area contributed by atoms with Gasteiger partial charge >= 0.3 is 11.9 Å². The van der Waals surface area contributed by atoms with Gasteiger partial charge in [0, 0.05) is 17.7 Å². The number of nitrogens with zero attached hydrogens (tertiary/aromatic N) is 2. The van der Waals surface area contributed by atoms with Gasteiger partial charge in [0.05, 0.1) is 11.5 Å². The maximum atomic E-state index is 12.5. The monoisotopic (exact) mass is 329 g/mol. The second-order valence-electron chi connectivity index (χ2n) is 4.79. The number of H-pyrrole nitrogens is 1. The van der Waals surface area contributed by atoms with Gasteiger partial charge in [-0.25, -0.2) is 4.79 Å². The lowest BCUT2D eigenvalue weighted by Gasteiger charge is -2.09. The molecule has 0 unspecified atom stereocenters. The van der Waals surface area contributed by atoms with Crippen LogP contribution < -0.4 is 11.2 Å². The summed E-state index contributed by atoms with van der Waals surface area (Å²) < 4.78 is 38.0. The number of aromatic nitrogens is 2. The SMILES string of the molecule is Cc1ccc(Cn2c(=O)cc(C(F)(F)F)[nH]c2=O)cc1[N+](=O)[O-]. The lowest BCUT2D eigenvalue weighted by molar-refractivity contribution is -0.385. The Balaban J connectivity index is 2.46. The summed E-state index contributed by atoms with van der Waals surface area (Å²) >= 11 is 0. The molecule has 0 aliphatic carbocycles. The van der Waals surface area contributed by atoms with Crippen LogP contribution >= 0.6 is 0 Å². The van der Waals surface area contributed by atoms with E-state index in [1.165, 1.54) is 25.1 Å². The molecule has 23 heavy (non-hydrogen) atoms. The van der Waals surface area contributed by atoms with Gasteiger partial charge in [0.25, 0.3) is 11.2 Å². The average Bonchev–Trinajstić information content (AvgIpc) is 2.43. The van der Waals surface area contributed by atoms with Crippen LogP contribution in [0.3, 0.4) is 0 Å². The van der Waals surface area contributed by atoms with E-state index < -0.39 is 28.0 Å². The molecule has 1 aromatic carbocycles. The summed E-state index contributed by atoms with van der Waals surface area (Å²) in [5.41, 5.74) is -3.42. The van der Waals surface area contributed by atoms with Crippen LogP contribution in [-0.4, -0.2) is 14.5 Å². The van der Waals surface area contributed by atoms with Crippen molar-refractivity contribution in [2.75, 3.05) is 0 Å². The molecule has 7 nitrogen and oxygen atoms in total. The molecule has 0 bridgehead atoms. The summed E-state index contributed by atoms with van der Waals surface area (Å²) in [7, 11) is 0. The predicted molar refractivity (Wildman–Crippen MR) is 73.3 cm³/mol. The van der Waals surface area contributed by atoms with Crippen LogP contribution in [0.2, 0.25) is 0 Å². The maximum Gasteiger partial charge on any atom is 0.431 e. The number of halogens is 3. The molecule has 0 amide bonds. The summed E-state index contributed by atoms with van der Waals surface area (Å²) in [5, 5.41) is 10.9. The van der Waals surface area contributed by atoms with Crippen LogP contribution in [0.5, 0.6) is 0 Å². The second kappa shape index (κ2) is 5.71. The topological polar surface area (TPSA) is 98.0 Å². The van der Waals surface area contributed by atoms with Crippen molar-refractivity contribution < 1.29 is 18.1 Å². The molecular formula is C13H10F3N3O4. The van der Waals surface area contributed by atoms with E-state index in [-0.39, 0.29) is 23.9 Å². The van der Waals surface area contributed by atoms with Gasteiger partial charge in [-0.15, -0.1) is 0 Å². The zero-order valence-corrected chi connectivity index (χ0v) is 11.7. The van der Waals surface area contributed by atoms with E-state index in [4.69, 9.17) is 0 Å². The first-order chi connectivity index (χ1) is 10.6. The van der Waals surface area contributed by atoms with Crippen molar-refractivity contribution in [1.29, 1.82) is 0 Å². The van der Waals surface area contributed by atoms with Crippen LogP contribution in [0.4, 0.5) is 18.9 Å². The summed E-state index contributed by atoms with van der Waals surface area (Å²) in [5.74, 6) is 0. The van der Waals surface area contributed by atoms with Crippen LogP contribution in [0.15, 0.2) is 33.9 Å². The standard InChI is InChI=1S/C13H10F3N3O4/c1-7-2-3-8(4-9(7)19(22)23)6-18-11(20)5-10(13(14,15)16)17-12(18)21/h2-5H,6H2,1H3,(H,17,21). The van der Waals surface area contributed by atoms with Gasteiger partial charge in [0.1, 0.15) is 5.69 Å². The maximum absolute atomic E-state index is 12.5. The number of aryl methyl sites for hydroxylation is 1. The molecule has 0 radical (unpaired) electrons. The summed E-state index contributed by atoms with van der Waals surface area (Å²) in [4.78, 5) is 35.2. The van der Waals surface area contributed by atoms with Crippen molar-refractivity contribution in [3.8, 4) is 0 Å². The van der Waals surface area contributed by atoms with Gasteiger partial charge in [-0.05, 0) is 12.5 Å². The van der Waals surface area contributed by atoms with Crippen molar-refractivity contribution in [2.24, 2.45) is 0 Å². The smallest absolute Gasteiger partial charge is 0.303 e. The number of nitrogens with one attached hydrogen (secondary N) is 1. The molecule has 10 heteroatoms. The van der Waals surface area contributed by atoms with Crippen molar-refractivity contribution in [1.82, 2.24) is 9.55 Å². The molecule has 0 saturated heterocycles. The van der Waals surface area contributed by atoms with E-state index >= 15 is 0 Å². The zero-order chi connectivity index (χ0) is 17.4. The summed E-state index contributed by atoms with van der Waals surface area (Å²) in [6, 6.07) is 4.31. The third kappa shape index (κ3) is 3.47. The summed E-state index contributed by atoms with van der Waals surface area (Å²) in [6.45, 7) is 1.13. The highest BCUT2D eigenvalue weighted by atomic mass is 19.4. The third-order valence-electron chi connectivity index (χ3n) is 3.14. The number of hydrogen-bond donors (Lipinski definition) is 1. The summed E-state index contributed by atoms with van der Waals surface area (Å²) in [6.07, 6.45) is -4.85. The molecule has 2 aromatic rings. The number of nitro groups is 1. The highest BCUT2D eigenvalue weighted by Crippen LogP contribution is 2.25. The average molecular weight is 329 g/mol. The van der Waals surface area contributed by atoms with Crippen LogP contribution in [0.1, 0.15) is 16.8 Å². The van der Waals surface area contributed by atoms with Gasteiger partial charge in [0.2, 0.25) is 0 Å². The molecule has 0 aliphatic heterocycles. The van der Waals surface area contributed by atoms with E-state index in [1.54, 1.807) is 4.98 Å². The highest BCUT2D eigenvalue weighted by molar-refractivity contribution is 5.42. The Morgan fingerprint density at radius 3 is 2.43 bits per heavy atom. The Bertz CT molecular complexity index is 852. The molecule has 0 atom stereocenters. The second-order valence-corrected chi connectivity index (χ2v) is 4.79. The Labute approximate surface area is 126 Å². The number of hydrogen-bond acceptors (Lipinski definition) is 4. The van der Waals surface area contributed by atoms with E-state index in [0.717, 1.165) is 0 Å². The molecule has 1 aromatic heterocycles. The first-order valence-electron chi connectivity index (χ1n) is 6.25. The molecule has 0 saturated carbocycles. The molecule has 0 aliphatic rings. The number of benzene rings is 1. The van der Waals surface area contributed by atoms with E-state index in [2.05, 4.69) is 0 Å². The van der Waals surface area contributed by atoms with Crippen molar-refractivity contribution in [3.63, 3.8) is 0 Å². The van der Waals surface area contributed by atoms with Crippen molar-refractivity contribution >= 4 is 5.69 Å². The Morgan fingerprint density at radius 2 is 1.91 bits per heavy atom. The molecule has 0 fully saturated rings. The predicted octanol–water partition coefficient (Wildman–Crippen LogP) is 1.82. The lowest BCUT2D eigenvalue weighted by atomic mass is 10.1. The third-order valence-corrected chi connectivity index (χ3v) is 3.14. The Hall–Kier alpha value is -2.91. The molecule has 2 rings (SSSR count). The molecule has 1 N–H and O–H groups in total. The fraction of sp³-hybridized carbons (Fsp3) is 0.231. The largest absolute Gasteiger partial charge is 0.431 e. The number of aromatic amines is 1. The minimum atomic E-state index is -4.85. The van der Waals surface area contributed by atoms with Crippen molar-refractivity contribution in [3.05, 3.63) is 72.0 Å². The fourth-order valence-electron chi connectivity index (χ4n) is 1.96. The molecule has 0 spiro atoms. The van der Waals surface area contributed by atoms with Crippen molar-refractivity contribution in [2.45, 2.75) is 19.6 Å². The van der Waals surface area contributed by atoms with Gasteiger partial charge in [-0.3, -0.25) is 19.5 Å². The van der Waals surface area contributed by atoms with Crippen LogP contribution in [0.25, 0.3) is 0 Å². The quantitative estimate of drug-likeness (QED) is 0.686. The number of rotatable bonds is 3. The zero-order valence-electron chi connectivity index (χ0n) is 11.7. The van der Waals surface area contributed by atoms with Gasteiger partial charge in [-0.1, -0.05) is 12.1 Å². The van der Waals surface area contributed by atoms with Gasteiger partial charge in [0.15, 0.2) is 0 Å². The number of nitro benzene ring substituents is 1. The van der Waals surface area contributed by atoms with Crippen LogP contribution in [-0.2, 0) is 12.7 Å². The van der Waals surface area contributed by atoms with E-state index in [0.29, 0.717) is 10.1 Å². The van der Waals surface area contributed by atoms with Gasteiger partial charge < -0.3 is 4.98 Å². The first-order valence-corrected chi connectivity index (χ1v) is 6.25. The van der Waals surface area contributed by atoms with Crippen LogP contribution in [0, 0.1) is 17.0 Å². The normalized spacial score (nSPS) is 11.5. The highest BCUT2D eigenvalue weighted by Gasteiger charge is 2.32. The van der Waals surface area contributed by atoms with E-state index in [9.17, 15) is 32.9 Å². The van der Waals surface area contributed by atoms with E-state index in [1.807, 2.05) is 0 Å². The Morgan fingerprint density at radius 1 is 1.26 bits per heavy atom. The van der Waals surface area contributed by atoms with Gasteiger partial charge in [-0.2, -0.15) is 13.2 Å². The lowest BCUT2D eigenvalue weighted by Crippen LogP contribution is -2.37.